The van der Waals surface area contributed by atoms with Crippen LogP contribution in [0.25, 0.3) is 0 Å². The van der Waals surface area contributed by atoms with Gasteiger partial charge in [-0.25, -0.2) is 0 Å². The van der Waals surface area contributed by atoms with Crippen LogP contribution < -0.4 is 5.32 Å². The molecule has 3 rings (SSSR count). The number of amides is 1. The number of piperazine rings is 1. The smallest absolute Gasteiger partial charge is 0.220 e. The number of hydrogen-bond donors (Lipinski definition) is 1. The molecule has 1 N–H and O–H groups in total. The number of benzene rings is 1. The first kappa shape index (κ1) is 18.4. The van der Waals surface area contributed by atoms with Crippen LogP contribution in [0.5, 0.6) is 0 Å². The third kappa shape index (κ3) is 6.44. The van der Waals surface area contributed by atoms with Crippen LogP contribution in [0.4, 0.5) is 0 Å². The Morgan fingerprint density at radius 3 is 2.36 bits per heavy atom. The van der Waals surface area contributed by atoms with Crippen LogP contribution in [-0.2, 0) is 11.3 Å². The Labute approximate surface area is 152 Å². The Bertz CT molecular complexity index is 505. The van der Waals surface area contributed by atoms with Gasteiger partial charge in [-0.1, -0.05) is 49.6 Å². The molecule has 0 aromatic heterocycles. The van der Waals surface area contributed by atoms with Crippen LogP contribution in [0, 0.1) is 5.92 Å². The molecule has 1 heterocycles. The topological polar surface area (TPSA) is 35.6 Å². The Kier molecular flexibility index (Phi) is 7.31. The molecular weight excluding hydrogens is 310 g/mol. The lowest BCUT2D eigenvalue weighted by atomic mass is 9.87. The normalized spacial score (nSPS) is 20.5. The lowest BCUT2D eigenvalue weighted by molar-refractivity contribution is -0.122. The molecule has 1 amide bonds. The Morgan fingerprint density at radius 2 is 1.64 bits per heavy atom. The SMILES string of the molecule is O=C(CC1CCCCC1)NCCN1CCN(Cc2ccccc2)CC1. The first-order chi connectivity index (χ1) is 12.3. The summed E-state index contributed by atoms with van der Waals surface area (Å²) in [7, 11) is 0. The minimum absolute atomic E-state index is 0.259. The minimum atomic E-state index is 0.259. The van der Waals surface area contributed by atoms with Crippen LogP contribution >= 0.6 is 0 Å². The van der Waals surface area contributed by atoms with Crippen molar-refractivity contribution in [2.24, 2.45) is 5.92 Å². The molecule has 2 aliphatic rings. The second kappa shape index (κ2) is 9.93. The molecule has 0 bridgehead atoms. The van der Waals surface area contributed by atoms with Crippen molar-refractivity contribution in [2.45, 2.75) is 45.1 Å². The number of nitrogens with one attached hydrogen (secondary N) is 1. The van der Waals surface area contributed by atoms with E-state index < -0.39 is 0 Å². The van der Waals surface area contributed by atoms with E-state index in [0.717, 1.165) is 52.2 Å². The van der Waals surface area contributed by atoms with Gasteiger partial charge >= 0.3 is 0 Å². The zero-order valence-electron chi connectivity index (χ0n) is 15.5. The Hall–Kier alpha value is -1.39. The highest BCUT2D eigenvalue weighted by Gasteiger charge is 2.18. The van der Waals surface area contributed by atoms with Gasteiger partial charge < -0.3 is 5.32 Å². The summed E-state index contributed by atoms with van der Waals surface area (Å²) in [4.78, 5) is 17.1. The molecule has 4 heteroatoms. The molecule has 138 valence electrons. The average molecular weight is 344 g/mol. The summed E-state index contributed by atoms with van der Waals surface area (Å²) in [5, 5.41) is 3.13. The number of rotatable bonds is 7. The maximum atomic E-state index is 12.1. The number of nitrogens with zero attached hydrogens (tertiary/aromatic N) is 2. The summed E-state index contributed by atoms with van der Waals surface area (Å²) in [5.74, 6) is 0.893. The van der Waals surface area contributed by atoms with E-state index in [1.165, 1.54) is 37.7 Å². The van der Waals surface area contributed by atoms with Gasteiger partial charge in [-0.15, -0.1) is 0 Å². The standard InChI is InChI=1S/C21H33N3O/c25-21(17-19-7-3-1-4-8-19)22-11-12-23-13-15-24(16-14-23)18-20-9-5-2-6-10-20/h2,5-6,9-10,19H,1,3-4,7-8,11-18H2,(H,22,25). The summed E-state index contributed by atoms with van der Waals surface area (Å²) in [5.41, 5.74) is 1.39. The Balaban J connectivity index is 1.27. The van der Waals surface area contributed by atoms with Gasteiger partial charge in [-0.2, -0.15) is 0 Å². The third-order valence-corrected chi connectivity index (χ3v) is 5.66. The van der Waals surface area contributed by atoms with Gasteiger partial charge in [0.25, 0.3) is 0 Å². The molecule has 2 fully saturated rings. The first-order valence-electron chi connectivity index (χ1n) is 10.0. The molecule has 4 nitrogen and oxygen atoms in total. The van der Waals surface area contributed by atoms with Crippen LogP contribution in [0.3, 0.4) is 0 Å². The molecule has 0 atom stereocenters. The molecule has 1 aliphatic heterocycles. The summed E-state index contributed by atoms with van der Waals surface area (Å²) < 4.78 is 0. The highest BCUT2D eigenvalue weighted by molar-refractivity contribution is 5.76. The molecule has 1 aromatic rings. The van der Waals surface area contributed by atoms with Gasteiger partial charge in [-0.3, -0.25) is 14.6 Å². The molecule has 0 spiro atoms. The summed E-state index contributed by atoms with van der Waals surface area (Å²) >= 11 is 0. The van der Waals surface area contributed by atoms with Crippen molar-refractivity contribution < 1.29 is 4.79 Å². The molecular formula is C21H33N3O. The van der Waals surface area contributed by atoms with Crippen molar-refractivity contribution >= 4 is 5.91 Å². The van der Waals surface area contributed by atoms with Gasteiger partial charge in [0.05, 0.1) is 0 Å². The van der Waals surface area contributed by atoms with Gasteiger partial charge in [0.15, 0.2) is 0 Å². The molecule has 25 heavy (non-hydrogen) atoms. The van der Waals surface area contributed by atoms with E-state index in [0.29, 0.717) is 5.92 Å². The molecule has 1 aromatic carbocycles. The van der Waals surface area contributed by atoms with E-state index in [1.807, 2.05) is 0 Å². The zero-order valence-corrected chi connectivity index (χ0v) is 15.5. The average Bonchev–Trinajstić information content (AvgIpc) is 2.65. The van der Waals surface area contributed by atoms with E-state index in [-0.39, 0.29) is 5.91 Å². The summed E-state index contributed by atoms with van der Waals surface area (Å²) in [6.07, 6.45) is 7.21. The maximum absolute atomic E-state index is 12.1. The van der Waals surface area contributed by atoms with Gasteiger partial charge in [0, 0.05) is 52.2 Å². The predicted molar refractivity (Wildman–Crippen MR) is 102 cm³/mol. The Morgan fingerprint density at radius 1 is 0.960 bits per heavy atom. The number of hydrogen-bond acceptors (Lipinski definition) is 3. The van der Waals surface area contributed by atoms with E-state index in [4.69, 9.17) is 0 Å². The van der Waals surface area contributed by atoms with Crippen LogP contribution in [0.2, 0.25) is 0 Å². The number of carbonyl (C=O) groups excluding carboxylic acids is 1. The van der Waals surface area contributed by atoms with Gasteiger partial charge in [-0.05, 0) is 24.3 Å². The van der Waals surface area contributed by atoms with Crippen LogP contribution in [0.15, 0.2) is 30.3 Å². The molecule has 1 aliphatic carbocycles. The second-order valence-corrected chi connectivity index (χ2v) is 7.66. The van der Waals surface area contributed by atoms with Crippen molar-refractivity contribution in [3.05, 3.63) is 35.9 Å². The quantitative estimate of drug-likeness (QED) is 0.827. The molecule has 1 saturated carbocycles. The van der Waals surface area contributed by atoms with Crippen molar-refractivity contribution in [2.75, 3.05) is 39.3 Å². The van der Waals surface area contributed by atoms with Crippen molar-refractivity contribution in [1.29, 1.82) is 0 Å². The third-order valence-electron chi connectivity index (χ3n) is 5.66. The predicted octanol–water partition coefficient (Wildman–Crippen LogP) is 2.89. The van der Waals surface area contributed by atoms with E-state index >= 15 is 0 Å². The molecule has 0 radical (unpaired) electrons. The van der Waals surface area contributed by atoms with Crippen molar-refractivity contribution in [3.63, 3.8) is 0 Å². The van der Waals surface area contributed by atoms with Crippen LogP contribution in [-0.4, -0.2) is 55.0 Å². The van der Waals surface area contributed by atoms with Gasteiger partial charge in [0.2, 0.25) is 5.91 Å². The fourth-order valence-electron chi connectivity index (χ4n) is 4.09. The molecule has 1 saturated heterocycles. The summed E-state index contributed by atoms with van der Waals surface area (Å²) in [6.45, 7) is 7.26. The first-order valence-corrected chi connectivity index (χ1v) is 10.0. The fourth-order valence-corrected chi connectivity index (χ4v) is 4.09. The fraction of sp³-hybridized carbons (Fsp3) is 0.667. The van der Waals surface area contributed by atoms with Crippen molar-refractivity contribution in [1.82, 2.24) is 15.1 Å². The lowest BCUT2D eigenvalue weighted by Crippen LogP contribution is -2.48. The van der Waals surface area contributed by atoms with E-state index in [1.54, 1.807) is 0 Å². The monoisotopic (exact) mass is 343 g/mol. The zero-order chi connectivity index (χ0) is 17.3. The highest BCUT2D eigenvalue weighted by Crippen LogP contribution is 2.25. The van der Waals surface area contributed by atoms with Gasteiger partial charge in [0.1, 0.15) is 0 Å². The minimum Gasteiger partial charge on any atom is -0.355 e. The second-order valence-electron chi connectivity index (χ2n) is 7.66. The highest BCUT2D eigenvalue weighted by atomic mass is 16.1. The lowest BCUT2D eigenvalue weighted by Gasteiger charge is -2.34. The van der Waals surface area contributed by atoms with E-state index in [9.17, 15) is 4.79 Å². The number of carbonyl (C=O) groups is 1. The van der Waals surface area contributed by atoms with Crippen LogP contribution in [0.1, 0.15) is 44.1 Å². The molecule has 0 unspecified atom stereocenters. The summed E-state index contributed by atoms with van der Waals surface area (Å²) in [6, 6.07) is 10.7. The van der Waals surface area contributed by atoms with Crippen molar-refractivity contribution in [3.8, 4) is 0 Å². The maximum Gasteiger partial charge on any atom is 0.220 e. The van der Waals surface area contributed by atoms with E-state index in [2.05, 4.69) is 45.4 Å². The largest absolute Gasteiger partial charge is 0.355 e.